The molecule has 3 aromatic heterocycles. The van der Waals surface area contributed by atoms with Crippen molar-refractivity contribution in [3.8, 4) is 28.7 Å². The van der Waals surface area contributed by atoms with Crippen molar-refractivity contribution in [1.82, 2.24) is 39.9 Å². The molecule has 8 rings (SSSR count). The van der Waals surface area contributed by atoms with Crippen LogP contribution in [0, 0.1) is 29.4 Å². The number of pyridine rings is 1. The molecule has 0 unspecified atom stereocenters. The number of fused-ring (bicyclic) bond motifs is 4. The van der Waals surface area contributed by atoms with Crippen LogP contribution in [0.5, 0.6) is 5.75 Å². The van der Waals surface area contributed by atoms with Gasteiger partial charge in [-0.15, -0.1) is 0 Å². The fourth-order valence-electron chi connectivity index (χ4n) is 11.1. The molecule has 4 amide bonds. The summed E-state index contributed by atoms with van der Waals surface area (Å²) in [6.45, 7) is 1.17. The molecule has 2 aliphatic rings. The average Bonchev–Trinajstić information content (AvgIpc) is 1.52. The summed E-state index contributed by atoms with van der Waals surface area (Å²) < 4.78 is 220. The van der Waals surface area contributed by atoms with E-state index in [0.29, 0.717) is 12.1 Å². The number of carboxylic acid groups (broad SMARTS) is 2. The van der Waals surface area contributed by atoms with E-state index in [1.807, 2.05) is 5.32 Å². The van der Waals surface area contributed by atoms with Crippen LogP contribution in [0.2, 0.25) is 5.02 Å². The van der Waals surface area contributed by atoms with Crippen LogP contribution >= 0.6 is 19.4 Å². The third kappa shape index (κ3) is 16.6. The van der Waals surface area contributed by atoms with Gasteiger partial charge in [-0.1, -0.05) is 37.4 Å². The molecule has 516 valence electrons. The number of carbonyl (C=O) groups is 6. The Morgan fingerprint density at radius 1 is 0.875 bits per heavy atom. The van der Waals surface area contributed by atoms with Gasteiger partial charge in [0.15, 0.2) is 15.5 Å². The molecule has 1 fully saturated rings. The summed E-state index contributed by atoms with van der Waals surface area (Å²) in [5, 5.41) is 29.2. The smallest absolute Gasteiger partial charge is 0.481 e. The van der Waals surface area contributed by atoms with E-state index >= 15 is 8.78 Å². The second-order valence-corrected chi connectivity index (χ2v) is 29.5. The summed E-state index contributed by atoms with van der Waals surface area (Å²) in [5.41, 5.74) is -5.56. The summed E-state index contributed by atoms with van der Waals surface area (Å²) in [4.78, 5) is 102. The Labute approximate surface area is 541 Å². The predicted octanol–water partition coefficient (Wildman–Crippen LogP) is 6.76. The van der Waals surface area contributed by atoms with Gasteiger partial charge in [0.1, 0.15) is 58.4 Å². The molecule has 39 heteroatoms. The van der Waals surface area contributed by atoms with Crippen LogP contribution in [0.3, 0.4) is 0 Å². The number of nitrogens with two attached hydrogens (primary N) is 1. The van der Waals surface area contributed by atoms with Crippen molar-refractivity contribution < 1.29 is 119 Å². The zero-order valence-corrected chi connectivity index (χ0v) is 53.4. The first-order chi connectivity index (χ1) is 44.0. The topological polar surface area (TPSA) is 389 Å². The van der Waals surface area contributed by atoms with E-state index in [0.717, 1.165) is 62.6 Å². The normalized spacial score (nSPS) is 16.1. The van der Waals surface area contributed by atoms with Crippen molar-refractivity contribution in [3.05, 3.63) is 128 Å². The number of benzene rings is 3. The highest BCUT2D eigenvalue weighted by Crippen LogP contribution is 2.68. The molecule has 4 atom stereocenters. The van der Waals surface area contributed by atoms with Gasteiger partial charge in [-0.3, -0.25) is 47.8 Å². The number of halogens is 11. The van der Waals surface area contributed by atoms with E-state index in [4.69, 9.17) is 21.9 Å². The Bertz CT molecular complexity index is 4580. The molecule has 25 nitrogen and oxygen atoms in total. The lowest BCUT2D eigenvalue weighted by molar-refractivity contribution is -0.147. The zero-order valence-electron chi connectivity index (χ0n) is 50.1. The third-order valence-electron chi connectivity index (χ3n) is 15.3. The molecule has 2 aliphatic carbocycles. The largest absolute Gasteiger partial charge is 0.524 e. The molecule has 9 N–H and O–H groups in total. The number of carboxylic acids is 2. The number of hydrogen-bond acceptors (Lipinski definition) is 15. The number of nitrogens with one attached hydrogen (secondary N) is 3. The van der Waals surface area contributed by atoms with Gasteiger partial charge in [0.2, 0.25) is 33.7 Å². The minimum atomic E-state index is -5.68. The number of phosphoric acid groups is 1. The summed E-state index contributed by atoms with van der Waals surface area (Å²) in [5.74, 6) is -15.6. The van der Waals surface area contributed by atoms with E-state index in [-0.39, 0.29) is 27.0 Å². The number of aliphatic carboxylic acids is 2. The van der Waals surface area contributed by atoms with Crippen LogP contribution < -0.4 is 25.6 Å². The highest BCUT2D eigenvalue weighted by molar-refractivity contribution is 7.92. The van der Waals surface area contributed by atoms with Gasteiger partial charge in [0.05, 0.1) is 40.8 Å². The minimum Gasteiger partial charge on any atom is -0.481 e. The third-order valence-corrected chi connectivity index (χ3v) is 19.2. The number of alkyl halides is 8. The number of amides is 4. The standard InChI is InChI=1S/C57H53ClF10N9O16PS2/c1-53(2,46-26(17-40(78)72-37(52(84)85)20-43(81)82)15-27(51(69)83)16-39(46)93-94(86,87)88)21-41(79)75-96(91,92)23-38-45-35(58)9-8-32(48(45)77(73-38)24-55(61,62)63)31-7-6-30(10-11-54(3,4)95(5,89)90)70-47(31)36(14-25-12-28(59)18-29(60)13-25)71-42(80)22-76-50-44(49(74-76)57(66,67)68)33-19-34(33)56(50,64)65/h6-9,12-13,15-16,18,33-34,36-37H,14,17,19-24H2,1-5H3,(H2,69,83)(H,71,80)(H,72,78)(H,75,79)(H,81,82)(H,84,85)(H2,86,87,88)/t33-,34+,36-,37-/m0/s1. The first kappa shape index (κ1) is 73.1. The highest BCUT2D eigenvalue weighted by atomic mass is 35.5. The van der Waals surface area contributed by atoms with Crippen LogP contribution in [-0.4, -0.2) is 120 Å². The number of carbonyl (C=O) groups excluding carboxylic acids is 4. The molecule has 6 aromatic rings. The van der Waals surface area contributed by atoms with E-state index in [1.165, 1.54) is 13.8 Å². The van der Waals surface area contributed by atoms with Crippen LogP contribution in [0.1, 0.15) is 120 Å². The van der Waals surface area contributed by atoms with Gasteiger partial charge in [-0.05, 0) is 92.1 Å². The average molecular weight is 1440 g/mol. The van der Waals surface area contributed by atoms with E-state index < -0.39 is 250 Å². The maximum absolute atomic E-state index is 15.7. The molecule has 96 heavy (non-hydrogen) atoms. The summed E-state index contributed by atoms with van der Waals surface area (Å²) in [7, 11) is -15.0. The SMILES string of the molecule is CC(C)(CC(=O)NS(=O)(=O)Cc1nn(CC(F)(F)F)c2c(-c3ccc(C#CC(C)(C)S(C)(=O)=O)nc3[C@H](Cc3cc(F)cc(F)c3)NC(=O)Cn3nc(C(F)(F)F)c4c3C(F)(F)[C@@H]3C[C@H]43)ccc(Cl)c12)c1c(CC(=O)N[C@@H](CC(=O)O)C(=O)O)cc(C(N)=O)cc1OP(=O)(O)O. The van der Waals surface area contributed by atoms with Gasteiger partial charge in [0, 0.05) is 63.3 Å². The molecule has 0 saturated heterocycles. The summed E-state index contributed by atoms with van der Waals surface area (Å²) in [6, 6.07) is 3.72. The van der Waals surface area contributed by atoms with Crippen molar-refractivity contribution in [2.75, 3.05) is 6.26 Å². The number of primary amides is 1. The molecule has 0 spiro atoms. The zero-order chi connectivity index (χ0) is 71.7. The molecular weight excluding hydrogens is 1390 g/mol. The Balaban J connectivity index is 1.24. The van der Waals surface area contributed by atoms with Crippen LogP contribution in [0.15, 0.2) is 54.6 Å². The molecule has 3 aromatic carbocycles. The maximum Gasteiger partial charge on any atom is 0.524 e. The number of hydrogen-bond donors (Lipinski definition) is 8. The number of aromatic nitrogens is 5. The van der Waals surface area contributed by atoms with Crippen molar-refractivity contribution in [2.45, 2.75) is 125 Å². The van der Waals surface area contributed by atoms with Gasteiger partial charge >= 0.3 is 32.1 Å². The van der Waals surface area contributed by atoms with Crippen LogP contribution in [0.25, 0.3) is 22.0 Å². The predicted molar refractivity (Wildman–Crippen MR) is 314 cm³/mol. The highest BCUT2D eigenvalue weighted by Gasteiger charge is 2.68. The Morgan fingerprint density at radius 2 is 1.51 bits per heavy atom. The van der Waals surface area contributed by atoms with Gasteiger partial charge in [-0.25, -0.2) is 40.0 Å². The number of rotatable bonds is 24. The second-order valence-electron chi connectivity index (χ2n) is 23.7. The Kier molecular flexibility index (Phi) is 19.8. The van der Waals surface area contributed by atoms with Crippen molar-refractivity contribution in [1.29, 1.82) is 0 Å². The lowest BCUT2D eigenvalue weighted by Gasteiger charge is -2.30. The van der Waals surface area contributed by atoms with Gasteiger partial charge < -0.3 is 31.1 Å². The first-order valence-electron chi connectivity index (χ1n) is 27.7. The van der Waals surface area contributed by atoms with Crippen molar-refractivity contribution >= 4 is 85.8 Å². The Morgan fingerprint density at radius 3 is 2.08 bits per heavy atom. The molecular formula is C57H53ClF10N9O16PS2. The minimum absolute atomic E-state index is 0.139. The number of phosphoric ester groups is 1. The van der Waals surface area contributed by atoms with E-state index in [1.54, 1.807) is 4.72 Å². The quantitative estimate of drug-likeness (QED) is 0.0176. The Hall–Kier alpha value is -8.69. The fourth-order valence-corrected chi connectivity index (χ4v) is 13.0. The molecule has 3 heterocycles. The van der Waals surface area contributed by atoms with Crippen LogP contribution in [0.4, 0.5) is 43.9 Å². The summed E-state index contributed by atoms with van der Waals surface area (Å²) in [6.07, 6.45) is -14.2. The van der Waals surface area contributed by atoms with Gasteiger partial charge in [-0.2, -0.15) is 45.3 Å². The summed E-state index contributed by atoms with van der Waals surface area (Å²) >= 11 is 6.70. The monoisotopic (exact) mass is 1440 g/mol. The number of sulfone groups is 1. The first-order valence-corrected chi connectivity index (χ1v) is 33.2. The number of sulfonamides is 1. The lowest BCUT2D eigenvalue weighted by Crippen LogP contribution is -2.43. The lowest BCUT2D eigenvalue weighted by atomic mass is 9.77. The van der Waals surface area contributed by atoms with Gasteiger partial charge in [0.25, 0.3) is 5.92 Å². The van der Waals surface area contributed by atoms with Crippen molar-refractivity contribution in [2.24, 2.45) is 11.7 Å². The molecule has 1 saturated carbocycles. The second kappa shape index (κ2) is 26.0. The fraction of sp³-hybridized carbons (Fsp3) is 0.386. The molecule has 0 aliphatic heterocycles. The van der Waals surface area contributed by atoms with Crippen molar-refractivity contribution in [3.63, 3.8) is 0 Å². The van der Waals surface area contributed by atoms with Crippen LogP contribution in [-0.2, 0) is 97.6 Å². The molecule has 0 bridgehead atoms. The maximum atomic E-state index is 15.7. The van der Waals surface area contributed by atoms with E-state index in [2.05, 4.69) is 32.3 Å². The molecule has 0 radical (unpaired) electrons. The number of nitrogens with zero attached hydrogens (tertiary/aromatic N) is 5. The van der Waals surface area contributed by atoms with E-state index in [9.17, 15) is 105 Å².